The molecule has 0 radical (unpaired) electrons. The maximum Gasteiger partial charge on any atom is 0.411 e. The average molecular weight is 468 g/mol. The fourth-order valence-electron chi connectivity index (χ4n) is 4.84. The van der Waals surface area contributed by atoms with Crippen LogP contribution in [-0.2, 0) is 14.3 Å². The third-order valence-electron chi connectivity index (χ3n) is 6.81. The smallest absolute Gasteiger partial charge is 0.366 e. The molecule has 1 aromatic carbocycles. The quantitative estimate of drug-likeness (QED) is 0.726. The summed E-state index contributed by atoms with van der Waals surface area (Å²) in [5.74, 6) is 0.123. The Morgan fingerprint density at radius 2 is 1.82 bits per heavy atom. The molecule has 3 amide bonds. The lowest BCUT2D eigenvalue weighted by Crippen LogP contribution is -2.63. The summed E-state index contributed by atoms with van der Waals surface area (Å²) in [6.45, 7) is 2.15. The number of nitrogens with zero attached hydrogens (tertiary/aromatic N) is 3. The van der Waals surface area contributed by atoms with Gasteiger partial charge in [-0.15, -0.1) is 0 Å². The summed E-state index contributed by atoms with van der Waals surface area (Å²) in [5, 5.41) is 2.91. The van der Waals surface area contributed by atoms with Crippen molar-refractivity contribution in [1.82, 2.24) is 15.1 Å². The van der Waals surface area contributed by atoms with Gasteiger partial charge in [0.2, 0.25) is 5.91 Å². The number of halogens is 3. The summed E-state index contributed by atoms with van der Waals surface area (Å²) in [6, 6.07) is 7.82. The number of carbonyl (C=O) groups is 2. The molecule has 33 heavy (non-hydrogen) atoms. The number of anilines is 1. The van der Waals surface area contributed by atoms with E-state index in [2.05, 4.69) is 5.32 Å². The first-order chi connectivity index (χ1) is 15.7. The number of alkyl halides is 3. The molecule has 0 saturated carbocycles. The second-order valence-corrected chi connectivity index (χ2v) is 9.19. The molecule has 4 heterocycles. The third-order valence-corrected chi connectivity index (χ3v) is 6.81. The molecule has 0 aromatic heterocycles. The van der Waals surface area contributed by atoms with Crippen LogP contribution in [0.3, 0.4) is 0 Å². The highest BCUT2D eigenvalue weighted by atomic mass is 19.4. The maximum atomic E-state index is 12.9. The van der Waals surface area contributed by atoms with Crippen LogP contribution in [0.5, 0.6) is 0 Å². The van der Waals surface area contributed by atoms with Gasteiger partial charge in [0.1, 0.15) is 13.2 Å². The largest absolute Gasteiger partial charge is 0.411 e. The van der Waals surface area contributed by atoms with Crippen molar-refractivity contribution >= 4 is 17.6 Å². The lowest BCUT2D eigenvalue weighted by atomic mass is 9.91. The Kier molecular flexibility index (Phi) is 5.86. The Morgan fingerprint density at radius 1 is 1.09 bits per heavy atom. The molecule has 0 bridgehead atoms. The van der Waals surface area contributed by atoms with Crippen LogP contribution in [0.2, 0.25) is 0 Å². The number of hydrogen-bond acceptors (Lipinski definition) is 5. The number of piperidine rings is 1. The van der Waals surface area contributed by atoms with Crippen LogP contribution >= 0.6 is 0 Å². The summed E-state index contributed by atoms with van der Waals surface area (Å²) in [7, 11) is 0. The minimum absolute atomic E-state index is 0.00776. The number of carbonyl (C=O) groups excluding carboxylic acids is 2. The van der Waals surface area contributed by atoms with Gasteiger partial charge in [0, 0.05) is 50.9 Å². The predicted molar refractivity (Wildman–Crippen MR) is 112 cm³/mol. The van der Waals surface area contributed by atoms with Crippen molar-refractivity contribution in [1.29, 1.82) is 0 Å². The minimum atomic E-state index is -4.29. The summed E-state index contributed by atoms with van der Waals surface area (Å²) in [4.78, 5) is 30.0. The van der Waals surface area contributed by atoms with Crippen LogP contribution in [0.4, 0.5) is 23.7 Å². The van der Waals surface area contributed by atoms with Gasteiger partial charge in [-0.2, -0.15) is 13.2 Å². The van der Waals surface area contributed by atoms with Gasteiger partial charge in [-0.05, 0) is 24.1 Å². The molecule has 1 N–H and O–H groups in total. The Hall–Kier alpha value is -2.53. The monoisotopic (exact) mass is 468 g/mol. The summed E-state index contributed by atoms with van der Waals surface area (Å²) >= 11 is 0. The number of morpholine rings is 1. The maximum absolute atomic E-state index is 12.9. The third kappa shape index (κ3) is 4.89. The van der Waals surface area contributed by atoms with E-state index in [9.17, 15) is 22.8 Å². The number of ether oxygens (including phenoxy) is 2. The molecule has 0 aliphatic carbocycles. The Labute approximate surface area is 189 Å². The van der Waals surface area contributed by atoms with Crippen LogP contribution in [0.1, 0.15) is 17.9 Å². The van der Waals surface area contributed by atoms with Crippen LogP contribution in [0, 0.1) is 0 Å². The van der Waals surface area contributed by atoms with Crippen LogP contribution in [-0.4, -0.2) is 98.6 Å². The SMILES string of the molecule is O=C1COC2CCN(C(=O)N3CC(c4ccc(N5CC(OCC(F)(F)F)C5)cc4)C3)CC2N1. The second-order valence-electron chi connectivity index (χ2n) is 9.19. The van der Waals surface area contributed by atoms with Crippen LogP contribution in [0.15, 0.2) is 24.3 Å². The minimum Gasteiger partial charge on any atom is -0.366 e. The number of likely N-dealkylation sites (tertiary alicyclic amines) is 2. The number of urea groups is 1. The van der Waals surface area contributed by atoms with Gasteiger partial charge < -0.3 is 29.5 Å². The molecule has 0 spiro atoms. The molecule has 4 aliphatic rings. The first-order valence-electron chi connectivity index (χ1n) is 11.2. The van der Waals surface area contributed by atoms with Crippen molar-refractivity contribution in [2.45, 2.75) is 36.8 Å². The Morgan fingerprint density at radius 3 is 2.52 bits per heavy atom. The predicted octanol–water partition coefficient (Wildman–Crippen LogP) is 1.56. The molecular formula is C22H27F3N4O4. The van der Waals surface area contributed by atoms with Crippen molar-refractivity contribution in [3.05, 3.63) is 29.8 Å². The topological polar surface area (TPSA) is 74.4 Å². The number of amides is 3. The number of benzene rings is 1. The Balaban J connectivity index is 1.07. The zero-order valence-electron chi connectivity index (χ0n) is 18.1. The number of fused-ring (bicyclic) bond motifs is 1. The number of nitrogens with one attached hydrogen (secondary N) is 1. The fraction of sp³-hybridized carbons (Fsp3) is 0.636. The lowest BCUT2D eigenvalue weighted by Gasteiger charge is -2.46. The molecule has 4 fully saturated rings. The van der Waals surface area contributed by atoms with Gasteiger partial charge in [-0.1, -0.05) is 12.1 Å². The molecule has 11 heteroatoms. The van der Waals surface area contributed by atoms with Crippen molar-refractivity contribution in [2.24, 2.45) is 0 Å². The van der Waals surface area contributed by atoms with E-state index in [4.69, 9.17) is 9.47 Å². The van der Waals surface area contributed by atoms with E-state index in [1.54, 1.807) is 4.90 Å². The summed E-state index contributed by atoms with van der Waals surface area (Å²) in [5.41, 5.74) is 2.09. The summed E-state index contributed by atoms with van der Waals surface area (Å²) in [6.07, 6.45) is -3.99. The molecule has 2 unspecified atom stereocenters. The fourth-order valence-corrected chi connectivity index (χ4v) is 4.84. The molecule has 4 aliphatic heterocycles. The van der Waals surface area contributed by atoms with Gasteiger partial charge in [-0.3, -0.25) is 4.79 Å². The molecule has 8 nitrogen and oxygen atoms in total. The van der Waals surface area contributed by atoms with Gasteiger partial charge in [0.15, 0.2) is 0 Å². The van der Waals surface area contributed by atoms with Gasteiger partial charge in [0.25, 0.3) is 0 Å². The zero-order chi connectivity index (χ0) is 23.2. The Bertz CT molecular complexity index is 885. The molecule has 1 aromatic rings. The second kappa shape index (κ2) is 8.68. The molecular weight excluding hydrogens is 441 g/mol. The molecule has 2 atom stereocenters. The zero-order valence-corrected chi connectivity index (χ0v) is 18.1. The standard InChI is InChI=1S/C22H27F3N4O4/c23-22(24,25)13-33-17-9-28(10-17)16-3-1-14(2-4-16)15-7-29(8-15)21(31)27-6-5-19-18(11-27)26-20(30)12-32-19/h1-4,15,17-19H,5-13H2,(H,26,30). The van der Waals surface area contributed by atoms with E-state index in [0.29, 0.717) is 45.7 Å². The van der Waals surface area contributed by atoms with Gasteiger partial charge >= 0.3 is 12.2 Å². The molecule has 180 valence electrons. The van der Waals surface area contributed by atoms with Gasteiger partial charge in [-0.25, -0.2) is 4.79 Å². The molecule has 4 saturated heterocycles. The molecule has 5 rings (SSSR count). The van der Waals surface area contributed by atoms with E-state index in [-0.39, 0.29) is 36.6 Å². The van der Waals surface area contributed by atoms with E-state index in [1.165, 1.54) is 0 Å². The van der Waals surface area contributed by atoms with E-state index < -0.39 is 18.9 Å². The normalized spacial score (nSPS) is 26.4. The lowest BCUT2D eigenvalue weighted by molar-refractivity contribution is -0.187. The van der Waals surface area contributed by atoms with E-state index >= 15 is 0 Å². The first kappa shape index (κ1) is 22.3. The van der Waals surface area contributed by atoms with Gasteiger partial charge in [0.05, 0.1) is 18.2 Å². The first-order valence-corrected chi connectivity index (χ1v) is 11.2. The highest BCUT2D eigenvalue weighted by molar-refractivity contribution is 5.79. The van der Waals surface area contributed by atoms with Crippen molar-refractivity contribution < 1.29 is 32.2 Å². The van der Waals surface area contributed by atoms with Crippen LogP contribution < -0.4 is 10.2 Å². The average Bonchev–Trinajstić information content (AvgIpc) is 2.71. The highest BCUT2D eigenvalue weighted by Gasteiger charge is 2.40. The van der Waals surface area contributed by atoms with E-state index in [0.717, 1.165) is 11.3 Å². The van der Waals surface area contributed by atoms with Crippen molar-refractivity contribution in [3.8, 4) is 0 Å². The summed E-state index contributed by atoms with van der Waals surface area (Å²) < 4.78 is 47.1. The number of rotatable bonds is 4. The highest BCUT2D eigenvalue weighted by Crippen LogP contribution is 2.31. The van der Waals surface area contributed by atoms with Crippen LogP contribution in [0.25, 0.3) is 0 Å². The van der Waals surface area contributed by atoms with Crippen molar-refractivity contribution in [2.75, 3.05) is 57.4 Å². The van der Waals surface area contributed by atoms with Crippen molar-refractivity contribution in [3.63, 3.8) is 0 Å². The number of hydrogen-bond donors (Lipinski definition) is 1. The van der Waals surface area contributed by atoms with E-state index in [1.807, 2.05) is 34.1 Å².